The first-order valence-electron chi connectivity index (χ1n) is 9.02. The Labute approximate surface area is 181 Å². The fourth-order valence-corrected chi connectivity index (χ4v) is 5.07. The molecule has 0 unspecified atom stereocenters. The van der Waals surface area contributed by atoms with Crippen LogP contribution in [0.25, 0.3) is 16.8 Å². The molecule has 0 aliphatic carbocycles. The molecule has 3 rings (SSSR count). The van der Waals surface area contributed by atoms with Gasteiger partial charge in [-0.25, -0.2) is 8.42 Å². The first kappa shape index (κ1) is 22.9. The predicted octanol–water partition coefficient (Wildman–Crippen LogP) is 4.20. The van der Waals surface area contributed by atoms with E-state index in [0.29, 0.717) is 0 Å². The molecule has 0 bridgehead atoms. The summed E-state index contributed by atoms with van der Waals surface area (Å²) in [6.45, 7) is 3.52. The molecule has 0 fully saturated rings. The van der Waals surface area contributed by atoms with Crippen LogP contribution in [-0.4, -0.2) is 28.9 Å². The number of anilines is 2. The van der Waals surface area contributed by atoms with Gasteiger partial charge in [-0.05, 0) is 35.7 Å². The van der Waals surface area contributed by atoms with Crippen LogP contribution < -0.4 is 11.5 Å². The van der Waals surface area contributed by atoms with Crippen molar-refractivity contribution in [3.63, 3.8) is 0 Å². The molecule has 0 aliphatic rings. The highest BCUT2D eigenvalue weighted by Gasteiger charge is 2.36. The van der Waals surface area contributed by atoms with E-state index in [0.717, 1.165) is 10.7 Å². The average Bonchev–Trinajstić information content (AvgIpc) is 2.97. The summed E-state index contributed by atoms with van der Waals surface area (Å²) in [6.07, 6.45) is -4.77. The van der Waals surface area contributed by atoms with Crippen LogP contribution in [0.2, 0.25) is 5.02 Å². The zero-order valence-electron chi connectivity index (χ0n) is 16.5. The van der Waals surface area contributed by atoms with Crippen molar-refractivity contribution in [1.29, 1.82) is 0 Å². The molecule has 12 heteroatoms. The molecule has 1 heterocycles. The maximum absolute atomic E-state index is 13.9. The summed E-state index contributed by atoms with van der Waals surface area (Å²) in [5.74, 6) is -0.571. The van der Waals surface area contributed by atoms with Gasteiger partial charge in [-0.15, -0.1) is 5.10 Å². The molecule has 0 aliphatic heterocycles. The molecule has 2 aromatic carbocycles. The maximum atomic E-state index is 13.9. The van der Waals surface area contributed by atoms with Gasteiger partial charge in [0.25, 0.3) is 0 Å². The second-order valence-corrected chi connectivity index (χ2v) is 9.73. The minimum absolute atomic E-state index is 0.0251. The lowest BCUT2D eigenvalue weighted by Crippen LogP contribution is -2.12. The number of halogens is 4. The molecule has 0 spiro atoms. The van der Waals surface area contributed by atoms with Crippen molar-refractivity contribution < 1.29 is 21.6 Å². The van der Waals surface area contributed by atoms with Crippen LogP contribution in [0.1, 0.15) is 19.4 Å². The molecule has 0 saturated carbocycles. The van der Waals surface area contributed by atoms with Crippen LogP contribution in [0.5, 0.6) is 0 Å². The van der Waals surface area contributed by atoms with E-state index in [1.54, 1.807) is 13.8 Å². The molecular weight excluding hydrogens is 455 g/mol. The lowest BCUT2D eigenvalue weighted by molar-refractivity contribution is -0.137. The van der Waals surface area contributed by atoms with Crippen LogP contribution in [0, 0.1) is 5.92 Å². The highest BCUT2D eigenvalue weighted by molar-refractivity contribution is 7.91. The topological polar surface area (TPSA) is 117 Å². The standard InChI is InChI=1S/C19H19ClF3N5O2S/c1-10(2)9-31(29,30)13-5-3-11(4-6-13)16-14(19(21,22)23)7-12(8-15(16)20)28-18(25)26-17(24)27-28/h3-8,10H,9H2,1-2H3,(H4,24,25,26,27). The zero-order chi connectivity index (χ0) is 23.1. The molecule has 0 amide bonds. The molecule has 4 N–H and O–H groups in total. The van der Waals surface area contributed by atoms with E-state index in [1.807, 2.05) is 0 Å². The third-order valence-electron chi connectivity index (χ3n) is 4.33. The van der Waals surface area contributed by atoms with Gasteiger partial charge >= 0.3 is 6.18 Å². The van der Waals surface area contributed by atoms with Gasteiger partial charge < -0.3 is 11.5 Å². The minimum atomic E-state index is -4.77. The zero-order valence-corrected chi connectivity index (χ0v) is 18.1. The van der Waals surface area contributed by atoms with Gasteiger partial charge in [0.15, 0.2) is 9.84 Å². The van der Waals surface area contributed by atoms with E-state index in [9.17, 15) is 21.6 Å². The van der Waals surface area contributed by atoms with E-state index in [4.69, 9.17) is 23.1 Å². The van der Waals surface area contributed by atoms with Crippen molar-refractivity contribution in [2.24, 2.45) is 5.92 Å². The van der Waals surface area contributed by atoms with E-state index in [-0.39, 0.29) is 50.3 Å². The summed E-state index contributed by atoms with van der Waals surface area (Å²) in [5, 5.41) is 3.55. The minimum Gasteiger partial charge on any atom is -0.368 e. The Morgan fingerprint density at radius 2 is 1.74 bits per heavy atom. The molecule has 0 atom stereocenters. The van der Waals surface area contributed by atoms with E-state index in [2.05, 4.69) is 10.1 Å². The van der Waals surface area contributed by atoms with E-state index < -0.39 is 21.6 Å². The van der Waals surface area contributed by atoms with Crippen LogP contribution in [-0.2, 0) is 16.0 Å². The summed E-state index contributed by atoms with van der Waals surface area (Å²) in [4.78, 5) is 3.69. The number of nitrogen functional groups attached to an aromatic ring is 2. The number of benzene rings is 2. The number of aromatic nitrogens is 3. The Morgan fingerprint density at radius 1 is 1.13 bits per heavy atom. The van der Waals surface area contributed by atoms with E-state index in [1.165, 1.54) is 30.3 Å². The number of nitrogens with two attached hydrogens (primary N) is 2. The van der Waals surface area contributed by atoms with Crippen molar-refractivity contribution in [2.75, 3.05) is 17.2 Å². The molecular formula is C19H19ClF3N5O2S. The van der Waals surface area contributed by atoms with Gasteiger partial charge in [0.05, 0.1) is 26.9 Å². The summed E-state index contributed by atoms with van der Waals surface area (Å²) >= 11 is 6.23. The Balaban J connectivity index is 2.14. The number of rotatable bonds is 5. The normalized spacial score (nSPS) is 12.5. The first-order valence-corrected chi connectivity index (χ1v) is 11.0. The third kappa shape index (κ3) is 4.77. The summed E-state index contributed by atoms with van der Waals surface area (Å²) in [6, 6.07) is 7.21. The lowest BCUT2D eigenvalue weighted by Gasteiger charge is -2.17. The fraction of sp³-hybridized carbons (Fsp3) is 0.263. The SMILES string of the molecule is CC(C)CS(=O)(=O)c1ccc(-c2c(Cl)cc(-n3nc(N)nc3N)cc2C(F)(F)F)cc1. The molecule has 3 aromatic rings. The first-order chi connectivity index (χ1) is 14.3. The second-order valence-electron chi connectivity index (χ2n) is 7.29. The van der Waals surface area contributed by atoms with Gasteiger partial charge in [-0.1, -0.05) is 37.6 Å². The highest BCUT2D eigenvalue weighted by atomic mass is 35.5. The number of nitrogens with zero attached hydrogens (tertiary/aromatic N) is 3. The predicted molar refractivity (Wildman–Crippen MR) is 113 cm³/mol. The van der Waals surface area contributed by atoms with Crippen molar-refractivity contribution in [3.05, 3.63) is 47.0 Å². The van der Waals surface area contributed by atoms with Crippen molar-refractivity contribution in [3.8, 4) is 16.8 Å². The Hall–Kier alpha value is -2.79. The van der Waals surface area contributed by atoms with Gasteiger partial charge in [-0.3, -0.25) is 0 Å². The van der Waals surface area contributed by atoms with E-state index >= 15 is 0 Å². The Bertz CT molecular complexity index is 1220. The molecule has 1 aromatic heterocycles. The number of hydrogen-bond donors (Lipinski definition) is 2. The third-order valence-corrected chi connectivity index (χ3v) is 6.72. The molecule has 0 saturated heterocycles. The molecule has 31 heavy (non-hydrogen) atoms. The van der Waals surface area contributed by atoms with Crippen LogP contribution in [0.15, 0.2) is 41.3 Å². The van der Waals surface area contributed by atoms with Crippen molar-refractivity contribution >= 4 is 33.3 Å². The van der Waals surface area contributed by atoms with Crippen LogP contribution >= 0.6 is 11.6 Å². The van der Waals surface area contributed by atoms with Gasteiger partial charge in [-0.2, -0.15) is 22.8 Å². The molecule has 7 nitrogen and oxygen atoms in total. The Morgan fingerprint density at radius 3 is 2.23 bits per heavy atom. The smallest absolute Gasteiger partial charge is 0.368 e. The van der Waals surface area contributed by atoms with Crippen LogP contribution in [0.3, 0.4) is 0 Å². The summed E-state index contributed by atoms with van der Waals surface area (Å²) in [7, 11) is -3.55. The largest absolute Gasteiger partial charge is 0.417 e. The van der Waals surface area contributed by atoms with Crippen molar-refractivity contribution in [2.45, 2.75) is 24.9 Å². The van der Waals surface area contributed by atoms with Gasteiger partial charge in [0.1, 0.15) is 0 Å². The second kappa shape index (κ2) is 8.04. The number of hydrogen-bond acceptors (Lipinski definition) is 6. The van der Waals surface area contributed by atoms with Gasteiger partial charge in [0.2, 0.25) is 11.9 Å². The number of alkyl halides is 3. The lowest BCUT2D eigenvalue weighted by atomic mass is 9.98. The average molecular weight is 474 g/mol. The summed E-state index contributed by atoms with van der Waals surface area (Å²) < 4.78 is 67.3. The monoisotopic (exact) mass is 473 g/mol. The maximum Gasteiger partial charge on any atom is 0.417 e. The fourth-order valence-electron chi connectivity index (χ4n) is 3.13. The highest BCUT2D eigenvalue weighted by Crippen LogP contribution is 2.42. The quantitative estimate of drug-likeness (QED) is 0.573. The van der Waals surface area contributed by atoms with Crippen LogP contribution in [0.4, 0.5) is 25.1 Å². The van der Waals surface area contributed by atoms with Gasteiger partial charge in [0, 0.05) is 5.56 Å². The Kier molecular flexibility index (Phi) is 5.94. The molecule has 0 radical (unpaired) electrons. The van der Waals surface area contributed by atoms with Crippen molar-refractivity contribution in [1.82, 2.24) is 14.8 Å². The molecule has 166 valence electrons. The summed E-state index contributed by atoms with van der Waals surface area (Å²) in [5.41, 5.74) is 9.81. The number of sulfone groups is 1.